The lowest BCUT2D eigenvalue weighted by molar-refractivity contribution is 0.588. The van der Waals surface area contributed by atoms with Crippen LogP contribution in [-0.4, -0.2) is 27.3 Å². The second-order valence-corrected chi connectivity index (χ2v) is 4.26. The van der Waals surface area contributed by atoms with E-state index in [1.807, 2.05) is 38.2 Å². The van der Waals surface area contributed by atoms with Gasteiger partial charge >= 0.3 is 0 Å². The van der Waals surface area contributed by atoms with Gasteiger partial charge in [0.25, 0.3) is 0 Å². The zero-order valence-corrected chi connectivity index (χ0v) is 10.6. The Morgan fingerprint density at radius 1 is 1.38 bits per heavy atom. The maximum atomic E-state index is 4.02. The minimum atomic E-state index is 0.0992. The number of rotatable bonds is 3. The molecule has 0 amide bonds. The van der Waals surface area contributed by atoms with Crippen LogP contribution >= 0.6 is 15.9 Å². The van der Waals surface area contributed by atoms with Crippen molar-refractivity contribution in [3.63, 3.8) is 0 Å². The van der Waals surface area contributed by atoms with Gasteiger partial charge in [0.05, 0.1) is 11.7 Å². The Bertz CT molecular complexity index is 482. The summed E-state index contributed by atoms with van der Waals surface area (Å²) in [5.41, 5.74) is 0.935. The Balaban J connectivity index is 2.49. The molecule has 1 unspecified atom stereocenters. The number of hydrogen-bond donors (Lipinski definition) is 1. The smallest absolute Gasteiger partial charge is 0.173 e. The first-order valence-electron chi connectivity index (χ1n) is 4.94. The van der Waals surface area contributed by atoms with Crippen LogP contribution in [0.3, 0.4) is 0 Å². The Labute approximate surface area is 102 Å². The van der Waals surface area contributed by atoms with Gasteiger partial charge in [0.1, 0.15) is 0 Å². The minimum absolute atomic E-state index is 0.0992. The van der Waals surface area contributed by atoms with Gasteiger partial charge in [0.2, 0.25) is 0 Å². The summed E-state index contributed by atoms with van der Waals surface area (Å²) in [6.45, 7) is 2.01. The van der Waals surface area contributed by atoms with Crippen LogP contribution in [0, 0.1) is 0 Å². The molecule has 0 bridgehead atoms. The molecule has 0 saturated heterocycles. The molecule has 1 aromatic heterocycles. The molecular weight excluding hydrogens is 270 g/mol. The molecule has 5 nitrogen and oxygen atoms in total. The molecule has 0 aliphatic carbocycles. The second kappa shape index (κ2) is 4.71. The lowest BCUT2D eigenvalue weighted by Gasteiger charge is -2.11. The first-order valence-corrected chi connectivity index (χ1v) is 5.73. The van der Waals surface area contributed by atoms with Crippen LogP contribution in [0.4, 0.5) is 0 Å². The number of hydrogen-bond acceptors (Lipinski definition) is 4. The van der Waals surface area contributed by atoms with E-state index in [1.54, 1.807) is 4.68 Å². The molecule has 1 heterocycles. The average molecular weight is 282 g/mol. The fraction of sp³-hybridized carbons (Fsp3) is 0.300. The van der Waals surface area contributed by atoms with E-state index in [9.17, 15) is 0 Å². The fourth-order valence-electron chi connectivity index (χ4n) is 1.39. The van der Waals surface area contributed by atoms with Crippen molar-refractivity contribution >= 4 is 15.9 Å². The molecule has 0 aliphatic heterocycles. The number of aromatic nitrogens is 4. The molecule has 1 N–H and O–H groups in total. The Morgan fingerprint density at radius 3 is 2.81 bits per heavy atom. The van der Waals surface area contributed by atoms with Crippen LogP contribution < -0.4 is 5.32 Å². The van der Waals surface area contributed by atoms with E-state index in [0.717, 1.165) is 16.0 Å². The molecule has 0 saturated carbocycles. The van der Waals surface area contributed by atoms with Gasteiger partial charge in [-0.15, -0.1) is 5.10 Å². The summed E-state index contributed by atoms with van der Waals surface area (Å²) >= 11 is 3.49. The molecule has 16 heavy (non-hydrogen) atoms. The van der Waals surface area contributed by atoms with E-state index in [2.05, 4.69) is 36.8 Å². The maximum absolute atomic E-state index is 4.02. The van der Waals surface area contributed by atoms with Crippen molar-refractivity contribution in [2.24, 2.45) is 0 Å². The molecule has 2 rings (SSSR count). The molecule has 84 valence electrons. The Kier molecular flexibility index (Phi) is 3.31. The van der Waals surface area contributed by atoms with Gasteiger partial charge in [0, 0.05) is 4.47 Å². The lowest BCUT2D eigenvalue weighted by atomic mass is 10.3. The molecule has 0 spiro atoms. The zero-order valence-electron chi connectivity index (χ0n) is 9.05. The van der Waals surface area contributed by atoms with Crippen molar-refractivity contribution in [2.45, 2.75) is 13.0 Å². The van der Waals surface area contributed by atoms with Crippen LogP contribution in [0.15, 0.2) is 28.7 Å². The SMILES string of the molecule is CNC(C)c1nnnn1-c1ccccc1Br. The first-order chi connectivity index (χ1) is 7.74. The molecule has 1 aromatic carbocycles. The van der Waals surface area contributed by atoms with Crippen LogP contribution in [0.25, 0.3) is 5.69 Å². The van der Waals surface area contributed by atoms with Crippen molar-refractivity contribution in [1.29, 1.82) is 0 Å². The lowest BCUT2D eigenvalue weighted by Crippen LogP contribution is -2.18. The predicted octanol–water partition coefficient (Wildman–Crippen LogP) is 1.71. The highest BCUT2D eigenvalue weighted by Gasteiger charge is 2.15. The first kappa shape index (κ1) is 11.2. The number of nitrogens with one attached hydrogen (secondary N) is 1. The number of nitrogens with zero attached hydrogens (tertiary/aromatic N) is 4. The van der Waals surface area contributed by atoms with E-state index in [1.165, 1.54) is 0 Å². The predicted molar refractivity (Wildman–Crippen MR) is 64.3 cm³/mol. The van der Waals surface area contributed by atoms with Gasteiger partial charge in [-0.05, 0) is 52.5 Å². The monoisotopic (exact) mass is 281 g/mol. The van der Waals surface area contributed by atoms with Crippen molar-refractivity contribution < 1.29 is 0 Å². The zero-order chi connectivity index (χ0) is 11.5. The van der Waals surface area contributed by atoms with Crippen molar-refractivity contribution in [3.8, 4) is 5.69 Å². The summed E-state index contributed by atoms with van der Waals surface area (Å²) in [6.07, 6.45) is 0. The summed E-state index contributed by atoms with van der Waals surface area (Å²) in [5.74, 6) is 0.786. The highest BCUT2D eigenvalue weighted by molar-refractivity contribution is 9.10. The molecule has 0 fully saturated rings. The van der Waals surface area contributed by atoms with E-state index < -0.39 is 0 Å². The average Bonchev–Trinajstić information content (AvgIpc) is 2.77. The van der Waals surface area contributed by atoms with Crippen LogP contribution in [0.5, 0.6) is 0 Å². The van der Waals surface area contributed by atoms with Gasteiger partial charge in [-0.3, -0.25) is 0 Å². The molecule has 6 heteroatoms. The largest absolute Gasteiger partial charge is 0.311 e. The van der Waals surface area contributed by atoms with Gasteiger partial charge in [-0.1, -0.05) is 12.1 Å². The van der Waals surface area contributed by atoms with E-state index in [-0.39, 0.29) is 6.04 Å². The van der Waals surface area contributed by atoms with Crippen LogP contribution in [0.2, 0.25) is 0 Å². The Hall–Kier alpha value is -1.27. The summed E-state index contributed by atoms with van der Waals surface area (Å²) in [5, 5.41) is 14.9. The number of halogens is 1. The third kappa shape index (κ3) is 1.98. The third-order valence-electron chi connectivity index (χ3n) is 2.39. The van der Waals surface area contributed by atoms with E-state index in [4.69, 9.17) is 0 Å². The summed E-state index contributed by atoms with van der Waals surface area (Å²) in [4.78, 5) is 0. The van der Waals surface area contributed by atoms with Gasteiger partial charge in [-0.2, -0.15) is 4.68 Å². The number of benzene rings is 1. The maximum Gasteiger partial charge on any atom is 0.173 e. The van der Waals surface area contributed by atoms with E-state index in [0.29, 0.717) is 0 Å². The number of para-hydroxylation sites is 1. The standard InChI is InChI=1S/C10H12BrN5/c1-7(12-2)10-13-14-15-16(10)9-6-4-3-5-8(9)11/h3-7,12H,1-2H3. The fourth-order valence-corrected chi connectivity index (χ4v) is 1.84. The molecule has 0 radical (unpaired) electrons. The Morgan fingerprint density at radius 2 is 2.12 bits per heavy atom. The third-order valence-corrected chi connectivity index (χ3v) is 3.07. The van der Waals surface area contributed by atoms with E-state index >= 15 is 0 Å². The molecular formula is C10H12BrN5. The quantitative estimate of drug-likeness (QED) is 0.931. The van der Waals surface area contributed by atoms with Crippen molar-refractivity contribution in [1.82, 2.24) is 25.5 Å². The van der Waals surface area contributed by atoms with Crippen LogP contribution in [0.1, 0.15) is 18.8 Å². The van der Waals surface area contributed by atoms with Gasteiger partial charge in [0.15, 0.2) is 5.82 Å². The summed E-state index contributed by atoms with van der Waals surface area (Å²) < 4.78 is 2.69. The highest BCUT2D eigenvalue weighted by Crippen LogP contribution is 2.21. The normalized spacial score (nSPS) is 12.7. The minimum Gasteiger partial charge on any atom is -0.311 e. The molecule has 0 aliphatic rings. The second-order valence-electron chi connectivity index (χ2n) is 3.41. The molecule has 2 aromatic rings. The van der Waals surface area contributed by atoms with Gasteiger partial charge in [-0.25, -0.2) is 0 Å². The highest BCUT2D eigenvalue weighted by atomic mass is 79.9. The van der Waals surface area contributed by atoms with Gasteiger partial charge < -0.3 is 5.32 Å². The van der Waals surface area contributed by atoms with Crippen molar-refractivity contribution in [2.75, 3.05) is 7.05 Å². The topological polar surface area (TPSA) is 55.6 Å². The molecule has 1 atom stereocenters. The number of tetrazole rings is 1. The summed E-state index contributed by atoms with van der Waals surface area (Å²) in [7, 11) is 1.88. The van der Waals surface area contributed by atoms with Crippen molar-refractivity contribution in [3.05, 3.63) is 34.6 Å². The summed E-state index contributed by atoms with van der Waals surface area (Å²) in [6, 6.07) is 7.94. The van der Waals surface area contributed by atoms with Crippen LogP contribution in [-0.2, 0) is 0 Å².